The molecule has 18 heteroatoms. The van der Waals surface area contributed by atoms with Crippen LogP contribution in [0.15, 0.2) is 24.3 Å². The van der Waals surface area contributed by atoms with E-state index in [1.165, 1.54) is 31.4 Å². The lowest BCUT2D eigenvalue weighted by Gasteiger charge is -2.29. The number of esters is 1. The van der Waals surface area contributed by atoms with E-state index in [4.69, 9.17) is 29.0 Å². The summed E-state index contributed by atoms with van der Waals surface area (Å²) < 4.78 is 32.8. The van der Waals surface area contributed by atoms with Gasteiger partial charge < -0.3 is 44.3 Å². The van der Waals surface area contributed by atoms with Gasteiger partial charge in [-0.1, -0.05) is 6.07 Å². The van der Waals surface area contributed by atoms with Gasteiger partial charge in [-0.05, 0) is 30.2 Å². The fraction of sp³-hybridized carbons (Fsp3) is 0.412. The summed E-state index contributed by atoms with van der Waals surface area (Å²) >= 11 is 0. The summed E-state index contributed by atoms with van der Waals surface area (Å²) in [5.74, 6) is -1.34. The lowest BCUT2D eigenvalue weighted by molar-refractivity contribution is -0.757. The lowest BCUT2D eigenvalue weighted by Crippen LogP contribution is -2.34. The molecule has 1 aromatic carbocycles. The zero-order valence-corrected chi connectivity index (χ0v) is 20.0. The van der Waals surface area contributed by atoms with Crippen molar-refractivity contribution in [1.29, 1.82) is 0 Å². The van der Waals surface area contributed by atoms with Crippen molar-refractivity contribution < 1.29 is 62.8 Å². The Labute approximate surface area is 197 Å². The number of amides is 1. The van der Waals surface area contributed by atoms with E-state index in [0.29, 0.717) is 5.56 Å². The van der Waals surface area contributed by atoms with Crippen molar-refractivity contribution in [2.24, 2.45) is 0 Å². The molecule has 0 saturated carbocycles. The molecule has 0 spiro atoms. The van der Waals surface area contributed by atoms with Crippen LogP contribution in [0.25, 0.3) is 6.08 Å². The Balaban J connectivity index is 2.71. The highest BCUT2D eigenvalue weighted by atomic mass is 31.2. The first kappa shape index (κ1) is 30.2. The van der Waals surface area contributed by atoms with Crippen molar-refractivity contribution in [3.8, 4) is 11.5 Å². The van der Waals surface area contributed by atoms with Gasteiger partial charge in [0.15, 0.2) is 11.5 Å². The van der Waals surface area contributed by atoms with Crippen LogP contribution in [-0.2, 0) is 23.6 Å². The Bertz CT molecular complexity index is 1030. The Morgan fingerprint density at radius 2 is 1.80 bits per heavy atom. The lowest BCUT2D eigenvalue weighted by atomic mass is 10.2. The molecule has 0 unspecified atom stereocenters. The van der Waals surface area contributed by atoms with Gasteiger partial charge in [-0.25, -0.2) is 0 Å². The molecular weight excluding hydrogens is 518 g/mol. The molecule has 0 aliphatic carbocycles. The minimum Gasteiger partial charge on any atom is -0.493 e. The summed E-state index contributed by atoms with van der Waals surface area (Å²) in [4.78, 5) is 74.1. The van der Waals surface area contributed by atoms with Crippen molar-refractivity contribution in [2.45, 2.75) is 24.3 Å². The summed E-state index contributed by atoms with van der Waals surface area (Å²) in [7, 11) is -9.96. The van der Waals surface area contributed by atoms with Gasteiger partial charge in [0.2, 0.25) is 5.91 Å². The minimum atomic E-state index is -5.63. The van der Waals surface area contributed by atoms with Gasteiger partial charge >= 0.3 is 21.2 Å². The first-order valence-corrected chi connectivity index (χ1v) is 12.8. The molecule has 1 amide bonds. The number of hydrogen-bond donors (Lipinski definition) is 6. The van der Waals surface area contributed by atoms with Gasteiger partial charge in [-0.15, -0.1) is 10.1 Å². The van der Waals surface area contributed by atoms with Crippen molar-refractivity contribution in [3.63, 3.8) is 0 Å². The summed E-state index contributed by atoms with van der Waals surface area (Å²) in [6.45, 7) is -0.941. The molecule has 0 aliphatic heterocycles. The highest BCUT2D eigenvalue weighted by molar-refractivity contribution is 7.72. The number of nitrogens with one attached hydrogen (secondary N) is 1. The van der Waals surface area contributed by atoms with Gasteiger partial charge in [-0.3, -0.25) is 18.7 Å². The predicted octanol–water partition coefficient (Wildman–Crippen LogP) is 0.110. The van der Waals surface area contributed by atoms with Crippen LogP contribution in [0, 0.1) is 10.1 Å². The standard InChI is InChI=1S/C17H24N2O14P2/c1-31-14-11-12(4-6-13(14)33-16(21)3-2-10-32-19(23)24)5-7-15(20)18-9-8-17(22,34(25,26)27)35(28,29)30/h4-7,11,22H,2-3,8-10H2,1H3,(H,18,20)(H2,25,26,27)(H2,28,29,30)/b7-5+. The number of ether oxygens (including phenoxy) is 2. The SMILES string of the molecule is COc1cc(/C=C/C(=O)NCCC(O)(P(=O)(O)O)P(=O)(O)O)ccc1OC(=O)CCCO[N+](=O)[O-]. The number of carbonyl (C=O) groups is 2. The quantitative estimate of drug-likeness (QED) is 0.0347. The molecule has 0 aliphatic rings. The predicted molar refractivity (Wildman–Crippen MR) is 117 cm³/mol. The average molecular weight is 542 g/mol. The van der Waals surface area contributed by atoms with Gasteiger partial charge in [0.25, 0.3) is 10.2 Å². The molecule has 35 heavy (non-hydrogen) atoms. The molecular formula is C17H24N2O14P2. The van der Waals surface area contributed by atoms with Crippen LogP contribution in [-0.4, -0.2) is 67.0 Å². The van der Waals surface area contributed by atoms with Crippen LogP contribution < -0.4 is 14.8 Å². The van der Waals surface area contributed by atoms with E-state index in [1.807, 2.05) is 0 Å². The first-order valence-electron chi connectivity index (χ1n) is 9.56. The molecule has 6 N–H and O–H groups in total. The first-order chi connectivity index (χ1) is 16.1. The maximum Gasteiger partial charge on any atom is 0.369 e. The van der Waals surface area contributed by atoms with E-state index in [0.717, 1.165) is 6.08 Å². The molecule has 1 rings (SSSR count). The summed E-state index contributed by atoms with van der Waals surface area (Å²) in [5.41, 5.74) is 0.401. The van der Waals surface area contributed by atoms with E-state index in [1.54, 1.807) is 0 Å². The van der Waals surface area contributed by atoms with Crippen LogP contribution in [0.2, 0.25) is 0 Å². The number of aliphatic hydroxyl groups is 1. The summed E-state index contributed by atoms with van der Waals surface area (Å²) in [5, 5.41) is 17.3. The maximum absolute atomic E-state index is 11.9. The maximum atomic E-state index is 11.9. The highest BCUT2D eigenvalue weighted by Gasteiger charge is 2.58. The Morgan fingerprint density at radius 1 is 1.17 bits per heavy atom. The number of methoxy groups -OCH3 is 1. The molecule has 0 radical (unpaired) electrons. The smallest absolute Gasteiger partial charge is 0.369 e. The number of rotatable bonds is 14. The van der Waals surface area contributed by atoms with Gasteiger partial charge in [0.05, 0.1) is 13.7 Å². The molecule has 16 nitrogen and oxygen atoms in total. The number of hydrogen-bond acceptors (Lipinski definition) is 10. The van der Waals surface area contributed by atoms with Crippen LogP contribution in [0.5, 0.6) is 11.5 Å². The van der Waals surface area contributed by atoms with Gasteiger partial charge in [0, 0.05) is 25.5 Å². The summed E-state index contributed by atoms with van der Waals surface area (Å²) in [6, 6.07) is 4.22. The van der Waals surface area contributed by atoms with Crippen molar-refractivity contribution in [2.75, 3.05) is 20.3 Å². The average Bonchev–Trinajstić information content (AvgIpc) is 2.74. The second kappa shape index (κ2) is 12.7. The number of carbonyl (C=O) groups excluding carboxylic acids is 2. The van der Waals surface area contributed by atoms with E-state index in [-0.39, 0.29) is 30.9 Å². The van der Waals surface area contributed by atoms with E-state index >= 15 is 0 Å². The zero-order chi connectivity index (χ0) is 26.9. The van der Waals surface area contributed by atoms with Crippen molar-refractivity contribution in [1.82, 2.24) is 5.32 Å². The Kier molecular flexibility index (Phi) is 11.0. The third-order valence-electron chi connectivity index (χ3n) is 4.25. The second-order valence-electron chi connectivity index (χ2n) is 6.78. The van der Waals surface area contributed by atoms with E-state index in [2.05, 4.69) is 10.2 Å². The van der Waals surface area contributed by atoms with Crippen LogP contribution in [0.3, 0.4) is 0 Å². The number of nitrogens with zero attached hydrogens (tertiary/aromatic N) is 1. The molecule has 0 atom stereocenters. The van der Waals surface area contributed by atoms with Gasteiger partial charge in [0.1, 0.15) is 0 Å². The zero-order valence-electron chi connectivity index (χ0n) is 18.2. The van der Waals surface area contributed by atoms with Crippen molar-refractivity contribution in [3.05, 3.63) is 40.0 Å². The minimum absolute atomic E-state index is 0.0449. The highest BCUT2D eigenvalue weighted by Crippen LogP contribution is 2.68. The largest absolute Gasteiger partial charge is 0.493 e. The normalized spacial score (nSPS) is 12.3. The molecule has 196 valence electrons. The molecule has 1 aromatic rings. The fourth-order valence-corrected chi connectivity index (χ4v) is 4.61. The topological polar surface area (TPSA) is 252 Å². The van der Waals surface area contributed by atoms with E-state index < -0.39 is 50.2 Å². The Hall–Kier alpha value is -2.84. The molecule has 0 heterocycles. The Morgan fingerprint density at radius 3 is 2.34 bits per heavy atom. The van der Waals surface area contributed by atoms with Crippen LogP contribution in [0.4, 0.5) is 0 Å². The fourth-order valence-electron chi connectivity index (χ4n) is 2.45. The van der Waals surface area contributed by atoms with Crippen LogP contribution in [0.1, 0.15) is 24.8 Å². The molecule has 0 bridgehead atoms. The second-order valence-corrected chi connectivity index (χ2v) is 10.8. The monoisotopic (exact) mass is 542 g/mol. The third-order valence-corrected chi connectivity index (χ3v) is 8.13. The summed E-state index contributed by atoms with van der Waals surface area (Å²) in [6.07, 6.45) is 1.06. The number of benzene rings is 1. The molecule has 0 fully saturated rings. The van der Waals surface area contributed by atoms with E-state index in [9.17, 15) is 33.9 Å². The third kappa shape index (κ3) is 9.38. The molecule has 0 saturated heterocycles. The van der Waals surface area contributed by atoms with Crippen molar-refractivity contribution >= 4 is 33.1 Å². The van der Waals surface area contributed by atoms with Crippen LogP contribution >= 0.6 is 15.2 Å². The van der Waals surface area contributed by atoms with Gasteiger partial charge in [-0.2, -0.15) is 0 Å². The molecule has 0 aromatic heterocycles.